The number of aryl methyl sites for hydroxylation is 1. The van der Waals surface area contributed by atoms with Gasteiger partial charge in [0.15, 0.2) is 0 Å². The molecular formula is C13H18N2O3. The van der Waals surface area contributed by atoms with Gasteiger partial charge in [0.25, 0.3) is 5.91 Å². The third-order valence-electron chi connectivity index (χ3n) is 3.68. The van der Waals surface area contributed by atoms with E-state index in [-0.39, 0.29) is 12.0 Å². The van der Waals surface area contributed by atoms with Crippen LogP contribution in [-0.2, 0) is 4.74 Å². The first-order valence-electron chi connectivity index (χ1n) is 6.56. The molecule has 1 aromatic heterocycles. The van der Waals surface area contributed by atoms with Crippen LogP contribution >= 0.6 is 0 Å². The number of likely N-dealkylation sites (tertiary alicyclic amines) is 1. The number of carbonyl (C=O) groups is 1. The van der Waals surface area contributed by atoms with E-state index in [1.807, 2.05) is 4.90 Å². The van der Waals surface area contributed by atoms with Crippen LogP contribution in [0.1, 0.15) is 35.4 Å². The van der Waals surface area contributed by atoms with Crippen LogP contribution in [0.25, 0.3) is 0 Å². The Balaban J connectivity index is 1.54. The van der Waals surface area contributed by atoms with E-state index >= 15 is 0 Å². The van der Waals surface area contributed by atoms with Crippen LogP contribution in [0.5, 0.6) is 0 Å². The molecule has 0 bridgehead atoms. The molecular weight excluding hydrogens is 232 g/mol. The molecule has 1 aromatic rings. The third kappa shape index (κ3) is 2.41. The number of aromatic nitrogens is 1. The highest BCUT2D eigenvalue weighted by Gasteiger charge is 2.31. The summed E-state index contributed by atoms with van der Waals surface area (Å²) in [6, 6.07) is 0. The fraction of sp³-hybridized carbons (Fsp3) is 0.692. The van der Waals surface area contributed by atoms with E-state index < -0.39 is 0 Å². The molecule has 0 radical (unpaired) electrons. The molecule has 0 aromatic carbocycles. The van der Waals surface area contributed by atoms with Crippen molar-refractivity contribution in [2.45, 2.75) is 32.3 Å². The smallest absolute Gasteiger partial charge is 0.259 e. The quantitative estimate of drug-likeness (QED) is 0.815. The first-order valence-corrected chi connectivity index (χ1v) is 6.56. The van der Waals surface area contributed by atoms with Gasteiger partial charge in [-0.2, -0.15) is 0 Å². The summed E-state index contributed by atoms with van der Waals surface area (Å²) >= 11 is 0. The third-order valence-corrected chi connectivity index (χ3v) is 3.68. The van der Waals surface area contributed by atoms with Gasteiger partial charge in [0.05, 0.1) is 12.3 Å². The molecule has 1 aliphatic carbocycles. The topological polar surface area (TPSA) is 55.6 Å². The Bertz CT molecular complexity index is 439. The van der Waals surface area contributed by atoms with E-state index in [0.717, 1.165) is 25.5 Å². The second-order valence-electron chi connectivity index (χ2n) is 5.23. The van der Waals surface area contributed by atoms with Gasteiger partial charge in [0.2, 0.25) is 0 Å². The molecule has 2 aliphatic rings. The zero-order valence-corrected chi connectivity index (χ0v) is 10.6. The molecule has 5 nitrogen and oxygen atoms in total. The van der Waals surface area contributed by atoms with Gasteiger partial charge in [-0.1, -0.05) is 5.16 Å². The molecule has 5 heteroatoms. The predicted molar refractivity (Wildman–Crippen MR) is 64.2 cm³/mol. The van der Waals surface area contributed by atoms with Crippen molar-refractivity contribution in [1.82, 2.24) is 10.1 Å². The summed E-state index contributed by atoms with van der Waals surface area (Å²) in [5.74, 6) is 1.36. The van der Waals surface area contributed by atoms with Gasteiger partial charge in [-0.15, -0.1) is 0 Å². The Morgan fingerprint density at radius 2 is 2.39 bits per heavy atom. The lowest BCUT2D eigenvalue weighted by molar-refractivity contribution is 0.0480. The Morgan fingerprint density at radius 1 is 1.56 bits per heavy atom. The van der Waals surface area contributed by atoms with E-state index in [2.05, 4.69) is 5.16 Å². The van der Waals surface area contributed by atoms with Crippen LogP contribution < -0.4 is 0 Å². The fourth-order valence-electron chi connectivity index (χ4n) is 2.28. The van der Waals surface area contributed by atoms with Gasteiger partial charge in [-0.25, -0.2) is 0 Å². The van der Waals surface area contributed by atoms with Crippen LogP contribution in [0.15, 0.2) is 10.7 Å². The number of hydrogen-bond donors (Lipinski definition) is 0. The molecule has 18 heavy (non-hydrogen) atoms. The van der Waals surface area contributed by atoms with Crippen molar-refractivity contribution in [2.24, 2.45) is 5.92 Å². The van der Waals surface area contributed by atoms with E-state index in [1.165, 1.54) is 19.0 Å². The Morgan fingerprint density at radius 3 is 3.06 bits per heavy atom. The van der Waals surface area contributed by atoms with E-state index in [9.17, 15) is 4.79 Å². The number of ether oxygens (including phenoxy) is 1. The molecule has 0 spiro atoms. The van der Waals surface area contributed by atoms with Crippen molar-refractivity contribution in [1.29, 1.82) is 0 Å². The summed E-state index contributed by atoms with van der Waals surface area (Å²) in [4.78, 5) is 14.0. The molecule has 3 rings (SSSR count). The standard InChI is InChI=1S/C13H18N2O3/c1-9-12(6-14-18-9)13(16)15-5-4-11(7-15)17-8-10-2-3-10/h6,10-11H,2-5,7-8H2,1H3. The van der Waals surface area contributed by atoms with Gasteiger partial charge in [0.1, 0.15) is 11.3 Å². The molecule has 1 aliphatic heterocycles. The second-order valence-corrected chi connectivity index (χ2v) is 5.23. The first kappa shape index (κ1) is 11.7. The molecule has 98 valence electrons. The Hall–Kier alpha value is -1.36. The largest absolute Gasteiger partial charge is 0.376 e. The summed E-state index contributed by atoms with van der Waals surface area (Å²) in [6.45, 7) is 4.07. The van der Waals surface area contributed by atoms with Crippen molar-refractivity contribution in [3.8, 4) is 0 Å². The first-order chi connectivity index (χ1) is 8.74. The molecule has 2 fully saturated rings. The SMILES string of the molecule is Cc1oncc1C(=O)N1CCC(OCC2CC2)C1. The Labute approximate surface area is 106 Å². The normalized spacial score (nSPS) is 23.6. The number of rotatable bonds is 4. The highest BCUT2D eigenvalue weighted by Crippen LogP contribution is 2.30. The zero-order chi connectivity index (χ0) is 12.5. The van der Waals surface area contributed by atoms with Crippen molar-refractivity contribution < 1.29 is 14.1 Å². The van der Waals surface area contributed by atoms with Gasteiger partial charge >= 0.3 is 0 Å². The monoisotopic (exact) mass is 250 g/mol. The summed E-state index contributed by atoms with van der Waals surface area (Å²) in [6.07, 6.45) is 5.23. The molecule has 1 unspecified atom stereocenters. The average molecular weight is 250 g/mol. The minimum Gasteiger partial charge on any atom is -0.376 e. The van der Waals surface area contributed by atoms with Gasteiger partial charge < -0.3 is 14.2 Å². The molecule has 1 amide bonds. The number of carbonyl (C=O) groups excluding carboxylic acids is 1. The zero-order valence-electron chi connectivity index (χ0n) is 10.6. The summed E-state index contributed by atoms with van der Waals surface area (Å²) < 4.78 is 10.8. The van der Waals surface area contributed by atoms with E-state index in [4.69, 9.17) is 9.26 Å². The maximum Gasteiger partial charge on any atom is 0.259 e. The average Bonchev–Trinajstić information content (AvgIpc) is 2.90. The summed E-state index contributed by atoms with van der Waals surface area (Å²) in [5, 5.41) is 3.65. The molecule has 0 N–H and O–H groups in total. The summed E-state index contributed by atoms with van der Waals surface area (Å²) in [5.41, 5.74) is 0.567. The van der Waals surface area contributed by atoms with Crippen LogP contribution in [0.2, 0.25) is 0 Å². The predicted octanol–water partition coefficient (Wildman–Crippen LogP) is 1.62. The number of nitrogens with zero attached hydrogens (tertiary/aromatic N) is 2. The van der Waals surface area contributed by atoms with E-state index in [1.54, 1.807) is 6.92 Å². The minimum atomic E-state index is 0.00581. The maximum absolute atomic E-state index is 12.2. The number of hydrogen-bond acceptors (Lipinski definition) is 4. The second kappa shape index (κ2) is 4.72. The van der Waals surface area contributed by atoms with Gasteiger partial charge in [-0.05, 0) is 32.1 Å². The van der Waals surface area contributed by atoms with Crippen LogP contribution in [0, 0.1) is 12.8 Å². The number of amides is 1. The van der Waals surface area contributed by atoms with Crippen molar-refractivity contribution in [3.05, 3.63) is 17.5 Å². The van der Waals surface area contributed by atoms with Crippen LogP contribution in [0.3, 0.4) is 0 Å². The lowest BCUT2D eigenvalue weighted by Crippen LogP contribution is -2.30. The maximum atomic E-state index is 12.2. The van der Waals surface area contributed by atoms with Gasteiger partial charge in [0, 0.05) is 19.7 Å². The lowest BCUT2D eigenvalue weighted by Gasteiger charge is -2.16. The minimum absolute atomic E-state index is 0.00581. The van der Waals surface area contributed by atoms with Crippen LogP contribution in [-0.4, -0.2) is 41.8 Å². The molecule has 2 heterocycles. The Kier molecular flexibility index (Phi) is 3.07. The molecule has 1 saturated heterocycles. The molecule has 1 atom stereocenters. The highest BCUT2D eigenvalue weighted by atomic mass is 16.5. The lowest BCUT2D eigenvalue weighted by atomic mass is 10.2. The summed E-state index contributed by atoms with van der Waals surface area (Å²) in [7, 11) is 0. The van der Waals surface area contributed by atoms with Crippen molar-refractivity contribution >= 4 is 5.91 Å². The fourth-order valence-corrected chi connectivity index (χ4v) is 2.28. The highest BCUT2D eigenvalue weighted by molar-refractivity contribution is 5.94. The van der Waals surface area contributed by atoms with Crippen molar-refractivity contribution in [2.75, 3.05) is 19.7 Å². The van der Waals surface area contributed by atoms with Gasteiger partial charge in [-0.3, -0.25) is 4.79 Å². The van der Waals surface area contributed by atoms with Crippen molar-refractivity contribution in [3.63, 3.8) is 0 Å². The molecule has 1 saturated carbocycles. The van der Waals surface area contributed by atoms with Crippen LogP contribution in [0.4, 0.5) is 0 Å². The van der Waals surface area contributed by atoms with E-state index in [0.29, 0.717) is 17.9 Å².